The van der Waals surface area contributed by atoms with E-state index in [9.17, 15) is 4.79 Å². The highest BCUT2D eigenvalue weighted by atomic mass is 32.1. The third-order valence-corrected chi connectivity index (χ3v) is 4.89. The molecule has 1 fully saturated rings. The average molecular weight is 266 g/mol. The van der Waals surface area contributed by atoms with Gasteiger partial charge in [-0.15, -0.1) is 11.3 Å². The highest BCUT2D eigenvalue weighted by Gasteiger charge is 2.43. The third-order valence-electron chi connectivity index (χ3n) is 3.86. The molecule has 0 aromatic carbocycles. The maximum atomic E-state index is 12.2. The highest BCUT2D eigenvalue weighted by molar-refractivity contribution is 7.11. The van der Waals surface area contributed by atoms with E-state index in [0.717, 1.165) is 25.7 Å². The van der Waals surface area contributed by atoms with Crippen LogP contribution in [-0.2, 0) is 11.2 Å². The van der Waals surface area contributed by atoms with E-state index in [1.165, 1.54) is 9.75 Å². The van der Waals surface area contributed by atoms with Crippen LogP contribution in [0.5, 0.6) is 0 Å². The summed E-state index contributed by atoms with van der Waals surface area (Å²) in [7, 11) is 0. The smallest absolute Gasteiger partial charge is 0.227 e. The lowest BCUT2D eigenvalue weighted by molar-refractivity contribution is -0.135. The number of hydrogen-bond donors (Lipinski definition) is 2. The lowest BCUT2D eigenvalue weighted by atomic mass is 9.68. The number of nitrogens with two attached hydrogens (primary N) is 1. The van der Waals surface area contributed by atoms with E-state index in [1.54, 1.807) is 11.3 Å². The van der Waals surface area contributed by atoms with Gasteiger partial charge in [-0.3, -0.25) is 4.79 Å². The van der Waals surface area contributed by atoms with Gasteiger partial charge in [0.1, 0.15) is 0 Å². The minimum Gasteiger partial charge on any atom is -0.353 e. The van der Waals surface area contributed by atoms with Crippen LogP contribution in [0.3, 0.4) is 0 Å². The van der Waals surface area contributed by atoms with E-state index in [-0.39, 0.29) is 17.4 Å². The van der Waals surface area contributed by atoms with E-state index in [0.29, 0.717) is 6.54 Å². The third kappa shape index (κ3) is 2.75. The van der Waals surface area contributed by atoms with Crippen LogP contribution in [-0.4, -0.2) is 18.5 Å². The molecule has 1 unspecified atom stereocenters. The fourth-order valence-corrected chi connectivity index (χ4v) is 3.47. The highest BCUT2D eigenvalue weighted by Crippen LogP contribution is 2.40. The van der Waals surface area contributed by atoms with Crippen LogP contribution in [0.1, 0.15) is 35.9 Å². The molecule has 0 saturated heterocycles. The van der Waals surface area contributed by atoms with Crippen molar-refractivity contribution in [3.8, 4) is 0 Å². The van der Waals surface area contributed by atoms with E-state index < -0.39 is 0 Å². The second-order valence-corrected chi connectivity index (χ2v) is 6.80. The van der Waals surface area contributed by atoms with Crippen molar-refractivity contribution in [2.75, 3.05) is 6.54 Å². The fraction of sp³-hybridized carbons (Fsp3) is 0.643. The predicted octanol–water partition coefficient (Wildman–Crippen LogP) is 2.23. The summed E-state index contributed by atoms with van der Waals surface area (Å²) in [6.07, 6.45) is 3.92. The van der Waals surface area contributed by atoms with Crippen LogP contribution in [0.2, 0.25) is 0 Å². The summed E-state index contributed by atoms with van der Waals surface area (Å²) in [5, 5.41) is 3.12. The number of rotatable bonds is 5. The molecule has 1 aromatic heterocycles. The van der Waals surface area contributed by atoms with E-state index in [4.69, 9.17) is 5.73 Å². The Morgan fingerprint density at radius 1 is 1.56 bits per heavy atom. The molecule has 18 heavy (non-hydrogen) atoms. The van der Waals surface area contributed by atoms with Gasteiger partial charge < -0.3 is 11.1 Å². The predicted molar refractivity (Wildman–Crippen MR) is 75.7 cm³/mol. The zero-order valence-electron chi connectivity index (χ0n) is 11.2. The maximum Gasteiger partial charge on any atom is 0.227 e. The topological polar surface area (TPSA) is 55.1 Å². The summed E-state index contributed by atoms with van der Waals surface area (Å²) in [5.74, 6) is 0.150. The second-order valence-electron chi connectivity index (χ2n) is 5.43. The van der Waals surface area contributed by atoms with Gasteiger partial charge in [0.05, 0.1) is 5.41 Å². The molecule has 0 aliphatic heterocycles. The minimum absolute atomic E-state index is 0.150. The monoisotopic (exact) mass is 266 g/mol. The van der Waals surface area contributed by atoms with Gasteiger partial charge in [-0.25, -0.2) is 0 Å². The van der Waals surface area contributed by atoms with Gasteiger partial charge in [-0.05, 0) is 38.8 Å². The van der Waals surface area contributed by atoms with Crippen molar-refractivity contribution in [2.45, 2.75) is 45.6 Å². The number of amides is 1. The summed E-state index contributed by atoms with van der Waals surface area (Å²) < 4.78 is 0. The molecule has 0 radical (unpaired) electrons. The van der Waals surface area contributed by atoms with Gasteiger partial charge in [0.15, 0.2) is 0 Å². The molecule has 1 aliphatic carbocycles. The number of hydrogen-bond acceptors (Lipinski definition) is 3. The van der Waals surface area contributed by atoms with Crippen molar-refractivity contribution in [3.05, 3.63) is 21.9 Å². The molecule has 100 valence electrons. The first-order valence-electron chi connectivity index (χ1n) is 6.62. The van der Waals surface area contributed by atoms with Gasteiger partial charge in [0.25, 0.3) is 0 Å². The van der Waals surface area contributed by atoms with E-state index in [2.05, 4.69) is 31.3 Å². The summed E-state index contributed by atoms with van der Waals surface area (Å²) in [4.78, 5) is 14.8. The normalized spacial score (nSPS) is 19.1. The molecular weight excluding hydrogens is 244 g/mol. The quantitative estimate of drug-likeness (QED) is 0.858. The molecule has 4 heteroatoms. The number of thiophene rings is 1. The standard InChI is InChI=1S/C14H22N2OS/c1-10(8-12-5-4-11(2)18-12)16-13(17)14(9-15)6-3-7-14/h4-5,10H,3,6-9,15H2,1-2H3,(H,16,17). The van der Waals surface area contributed by atoms with Crippen LogP contribution in [0, 0.1) is 12.3 Å². The van der Waals surface area contributed by atoms with E-state index >= 15 is 0 Å². The summed E-state index contributed by atoms with van der Waals surface area (Å²) in [6, 6.07) is 4.45. The molecule has 0 bridgehead atoms. The molecule has 1 atom stereocenters. The van der Waals surface area contributed by atoms with Crippen molar-refractivity contribution < 1.29 is 4.79 Å². The minimum atomic E-state index is -0.264. The molecule has 1 amide bonds. The number of aryl methyl sites for hydroxylation is 1. The Bertz CT molecular complexity index is 418. The zero-order valence-corrected chi connectivity index (χ0v) is 12.0. The number of carbonyl (C=O) groups is 1. The zero-order chi connectivity index (χ0) is 13.2. The Kier molecular flexibility index (Phi) is 4.07. The number of nitrogens with one attached hydrogen (secondary N) is 1. The SMILES string of the molecule is Cc1ccc(CC(C)NC(=O)C2(CN)CCC2)s1. The number of carbonyl (C=O) groups excluding carboxylic acids is 1. The molecule has 1 aliphatic rings. The summed E-state index contributed by atoms with van der Waals surface area (Å²) >= 11 is 1.80. The molecule has 1 saturated carbocycles. The van der Waals surface area contributed by atoms with Gasteiger partial charge in [-0.2, -0.15) is 0 Å². The Morgan fingerprint density at radius 3 is 2.72 bits per heavy atom. The van der Waals surface area contributed by atoms with Crippen LogP contribution < -0.4 is 11.1 Å². The Morgan fingerprint density at radius 2 is 2.28 bits per heavy atom. The van der Waals surface area contributed by atoms with Crippen molar-refractivity contribution in [1.29, 1.82) is 0 Å². The summed E-state index contributed by atoms with van der Waals surface area (Å²) in [5.41, 5.74) is 5.48. The Labute approximate surface area is 113 Å². The first kappa shape index (κ1) is 13.6. The van der Waals surface area contributed by atoms with Crippen molar-refractivity contribution in [2.24, 2.45) is 11.1 Å². The van der Waals surface area contributed by atoms with Crippen LogP contribution in [0.25, 0.3) is 0 Å². The molecule has 3 N–H and O–H groups in total. The summed E-state index contributed by atoms with van der Waals surface area (Å²) in [6.45, 7) is 4.65. The van der Waals surface area contributed by atoms with Gasteiger partial charge in [0.2, 0.25) is 5.91 Å². The van der Waals surface area contributed by atoms with Gasteiger partial charge >= 0.3 is 0 Å². The van der Waals surface area contributed by atoms with E-state index in [1.807, 2.05) is 0 Å². The molecule has 1 heterocycles. The van der Waals surface area contributed by atoms with Crippen molar-refractivity contribution >= 4 is 17.2 Å². The average Bonchev–Trinajstić information content (AvgIpc) is 2.62. The largest absolute Gasteiger partial charge is 0.353 e. The molecular formula is C14H22N2OS. The van der Waals surface area contributed by atoms with Crippen LogP contribution in [0.4, 0.5) is 0 Å². The first-order valence-corrected chi connectivity index (χ1v) is 7.44. The fourth-order valence-electron chi connectivity index (χ4n) is 2.45. The van der Waals surface area contributed by atoms with Gasteiger partial charge in [0, 0.05) is 28.8 Å². The van der Waals surface area contributed by atoms with Crippen molar-refractivity contribution in [1.82, 2.24) is 5.32 Å². The Balaban J connectivity index is 1.87. The molecule has 0 spiro atoms. The molecule has 1 aromatic rings. The Hall–Kier alpha value is -0.870. The van der Waals surface area contributed by atoms with Crippen molar-refractivity contribution in [3.63, 3.8) is 0 Å². The lowest BCUT2D eigenvalue weighted by Gasteiger charge is -2.39. The van der Waals surface area contributed by atoms with Crippen LogP contribution >= 0.6 is 11.3 Å². The molecule has 3 nitrogen and oxygen atoms in total. The second kappa shape index (κ2) is 5.41. The van der Waals surface area contributed by atoms with Crippen LogP contribution in [0.15, 0.2) is 12.1 Å². The maximum absolute atomic E-state index is 12.2. The van der Waals surface area contributed by atoms with Gasteiger partial charge in [-0.1, -0.05) is 6.42 Å². The first-order chi connectivity index (χ1) is 8.55. The lowest BCUT2D eigenvalue weighted by Crippen LogP contribution is -2.52. The molecule has 2 rings (SSSR count).